The van der Waals surface area contributed by atoms with E-state index in [1.807, 2.05) is 22.9 Å². The van der Waals surface area contributed by atoms with Gasteiger partial charge in [-0.25, -0.2) is 0 Å². The summed E-state index contributed by atoms with van der Waals surface area (Å²) in [6, 6.07) is 4.04. The minimum atomic E-state index is -0.637. The second-order valence-corrected chi connectivity index (χ2v) is 13.2. The summed E-state index contributed by atoms with van der Waals surface area (Å²) >= 11 is 1.08. The second kappa shape index (κ2) is 6.62. The molecule has 0 unspecified atom stereocenters. The van der Waals surface area contributed by atoms with Crippen LogP contribution in [0.25, 0.3) is 0 Å². The van der Waals surface area contributed by atoms with E-state index >= 15 is 0 Å². The van der Waals surface area contributed by atoms with Crippen molar-refractivity contribution in [3.8, 4) is 0 Å². The van der Waals surface area contributed by atoms with E-state index in [4.69, 9.17) is 0 Å². The van der Waals surface area contributed by atoms with Crippen molar-refractivity contribution in [2.24, 2.45) is 0 Å². The summed E-state index contributed by atoms with van der Waals surface area (Å²) in [5.41, 5.74) is 0. The Labute approximate surface area is 68.7 Å². The van der Waals surface area contributed by atoms with Gasteiger partial charge in [0.2, 0.25) is 0 Å². The van der Waals surface area contributed by atoms with Gasteiger partial charge in [-0.05, 0) is 10.8 Å². The van der Waals surface area contributed by atoms with Gasteiger partial charge < -0.3 is 0 Å². The quantitative estimate of drug-likeness (QED) is 0.620. The van der Waals surface area contributed by atoms with E-state index in [0.717, 1.165) is 0 Å². The fourth-order valence-corrected chi connectivity index (χ4v) is 0.680. The standard InChI is InChI=1S/C4H4S.3CH3.Sn.H/c1-2-4-5-3-1;;;;;/h1-4H;3*1H3;;. The molecule has 52 valence electrons. The molecule has 0 atom stereocenters. The summed E-state index contributed by atoms with van der Waals surface area (Å²) in [7, 11) is 0. The average Bonchev–Trinajstić information content (AvgIpc) is 2.11. The Hall–Kier alpha value is 0.499. The predicted molar refractivity (Wildman–Crippen MR) is 49.1 cm³/mol. The molecule has 1 aromatic heterocycles. The van der Waals surface area contributed by atoms with Crippen LogP contribution in [-0.4, -0.2) is 19.8 Å². The molecule has 1 heterocycles. The van der Waals surface area contributed by atoms with E-state index < -0.39 is 19.8 Å². The Morgan fingerprint density at radius 2 is 1.33 bits per heavy atom. The van der Waals surface area contributed by atoms with Crippen LogP contribution in [0.15, 0.2) is 22.9 Å². The maximum Gasteiger partial charge on any atom is -0.00934 e. The molecule has 9 heavy (non-hydrogen) atoms. The van der Waals surface area contributed by atoms with Crippen molar-refractivity contribution < 1.29 is 0 Å². The van der Waals surface area contributed by atoms with Crippen LogP contribution >= 0.6 is 11.3 Å². The summed E-state index contributed by atoms with van der Waals surface area (Å²) in [5.74, 6) is 0. The molecule has 1 rings (SSSR count). The van der Waals surface area contributed by atoms with Crippen molar-refractivity contribution in [1.82, 2.24) is 0 Å². The van der Waals surface area contributed by atoms with Gasteiger partial charge in [-0.2, -0.15) is 11.3 Å². The Morgan fingerprint density at radius 1 is 1.00 bits per heavy atom. The van der Waals surface area contributed by atoms with Crippen molar-refractivity contribution in [1.29, 1.82) is 0 Å². The molecular formula is C7H14SSn. The zero-order chi connectivity index (χ0) is 7.11. The molecule has 0 fully saturated rings. The number of thiophene rings is 1. The first-order valence-corrected chi connectivity index (χ1v) is 14.0. The number of hydrogen-bond acceptors (Lipinski definition) is 1. The second-order valence-electron chi connectivity index (χ2n) is 2.53. The maximum atomic E-state index is 2.38. The molecule has 0 aliphatic heterocycles. The molecule has 0 nitrogen and oxygen atoms in total. The van der Waals surface area contributed by atoms with E-state index in [0.29, 0.717) is 0 Å². The van der Waals surface area contributed by atoms with Gasteiger partial charge in [0.05, 0.1) is 0 Å². The summed E-state index contributed by atoms with van der Waals surface area (Å²) in [6.07, 6.45) is 0. The van der Waals surface area contributed by atoms with Gasteiger partial charge in [0.1, 0.15) is 0 Å². The third-order valence-corrected chi connectivity index (χ3v) is 1.05. The van der Waals surface area contributed by atoms with Crippen molar-refractivity contribution >= 4 is 31.1 Å². The van der Waals surface area contributed by atoms with Crippen LogP contribution in [0.5, 0.6) is 0 Å². The molecular weight excluding hydrogens is 235 g/mol. The molecule has 0 radical (unpaired) electrons. The first kappa shape index (κ1) is 9.50. The Bertz CT molecular complexity index is 92.5. The zero-order valence-electron chi connectivity index (χ0n) is 6.29. The van der Waals surface area contributed by atoms with Crippen molar-refractivity contribution in [3.05, 3.63) is 22.9 Å². The molecule has 0 aliphatic rings. The summed E-state index contributed by atoms with van der Waals surface area (Å²) in [6.45, 7) is 0. The van der Waals surface area contributed by atoms with Gasteiger partial charge in [0.15, 0.2) is 0 Å². The Kier molecular flexibility index (Phi) is 6.98. The van der Waals surface area contributed by atoms with Crippen LogP contribution in [-0.2, 0) is 0 Å². The van der Waals surface area contributed by atoms with Crippen LogP contribution in [0.3, 0.4) is 0 Å². The van der Waals surface area contributed by atoms with E-state index in [9.17, 15) is 0 Å². The van der Waals surface area contributed by atoms with Crippen molar-refractivity contribution in [2.75, 3.05) is 0 Å². The molecule has 0 N–H and O–H groups in total. The van der Waals surface area contributed by atoms with Gasteiger partial charge >= 0.3 is 34.6 Å². The molecule has 0 saturated heterocycles. The third-order valence-electron chi connectivity index (χ3n) is 0.425. The monoisotopic (exact) mass is 250 g/mol. The van der Waals surface area contributed by atoms with Crippen LogP contribution in [0.4, 0.5) is 0 Å². The summed E-state index contributed by atoms with van der Waals surface area (Å²) in [5, 5.41) is 4.08. The smallest absolute Gasteiger partial charge is 0.00934 e. The van der Waals surface area contributed by atoms with Crippen LogP contribution in [0.1, 0.15) is 0 Å². The molecule has 0 bridgehead atoms. The first-order valence-electron chi connectivity index (χ1n) is 3.20. The van der Waals surface area contributed by atoms with Gasteiger partial charge in [0, 0.05) is 0 Å². The van der Waals surface area contributed by atoms with E-state index in [1.54, 1.807) is 11.3 Å². The summed E-state index contributed by atoms with van der Waals surface area (Å²) in [4.78, 5) is 7.13. The van der Waals surface area contributed by atoms with E-state index in [-0.39, 0.29) is 0 Å². The van der Waals surface area contributed by atoms with Gasteiger partial charge in [0.25, 0.3) is 0 Å². The SMILES string of the molecule is [CH3][SnH]([CH3])[CH3].c1ccsc1. The van der Waals surface area contributed by atoms with Crippen molar-refractivity contribution in [3.63, 3.8) is 0 Å². The minimum Gasteiger partial charge on any atom is -0.152 e. The van der Waals surface area contributed by atoms with Crippen LogP contribution in [0.2, 0.25) is 14.8 Å². The normalized spacial score (nSPS) is 8.44. The van der Waals surface area contributed by atoms with Crippen LogP contribution in [0, 0.1) is 0 Å². The maximum absolute atomic E-state index is 2.38. The fourth-order valence-electron chi connectivity index (χ4n) is 0.227. The summed E-state index contributed by atoms with van der Waals surface area (Å²) < 4.78 is 0. The zero-order valence-corrected chi connectivity index (χ0v) is 10.4. The van der Waals surface area contributed by atoms with Gasteiger partial charge in [-0.15, -0.1) is 0 Å². The predicted octanol–water partition coefficient (Wildman–Crippen LogP) is 2.85. The third kappa shape index (κ3) is 11.9. The molecule has 0 amide bonds. The minimum absolute atomic E-state index is 0.637. The average molecular weight is 249 g/mol. The molecule has 1 aromatic rings. The topological polar surface area (TPSA) is 0 Å². The van der Waals surface area contributed by atoms with Gasteiger partial charge in [-0.3, -0.25) is 0 Å². The first-order chi connectivity index (χ1) is 4.23. The fraction of sp³-hybridized carbons (Fsp3) is 0.429. The Morgan fingerprint density at radius 3 is 1.44 bits per heavy atom. The largest absolute Gasteiger partial charge is 0.152 e. The molecule has 0 aromatic carbocycles. The Balaban J connectivity index is 0.000000148. The van der Waals surface area contributed by atoms with E-state index in [2.05, 4.69) is 14.8 Å². The molecule has 0 saturated carbocycles. The number of rotatable bonds is 0. The van der Waals surface area contributed by atoms with E-state index in [1.165, 1.54) is 0 Å². The van der Waals surface area contributed by atoms with Crippen LogP contribution < -0.4 is 0 Å². The van der Waals surface area contributed by atoms with Crippen molar-refractivity contribution in [2.45, 2.75) is 14.8 Å². The molecule has 0 spiro atoms. The number of hydrogen-bond donors (Lipinski definition) is 0. The van der Waals surface area contributed by atoms with Gasteiger partial charge in [-0.1, -0.05) is 12.1 Å². The molecule has 2 heteroatoms. The molecule has 0 aliphatic carbocycles.